The Hall–Kier alpha value is -8.96. The number of hydrogen-bond acceptors (Lipinski definition) is 14. The summed E-state index contributed by atoms with van der Waals surface area (Å²) in [5.41, 5.74) is 13.2. The molecular formula is C66H73BrN12O6. The van der Waals surface area contributed by atoms with Crippen LogP contribution in [0.25, 0.3) is 45.0 Å². The number of aromatic amines is 1. The number of aromatic nitrogens is 12. The van der Waals surface area contributed by atoms with Crippen molar-refractivity contribution >= 4 is 28.2 Å². The number of aryl methyl sites for hydroxylation is 3. The minimum absolute atomic E-state index is 0.250. The van der Waals surface area contributed by atoms with E-state index in [0.717, 1.165) is 135 Å². The molecule has 0 spiro atoms. The molecule has 85 heavy (non-hydrogen) atoms. The molecule has 19 heteroatoms. The van der Waals surface area contributed by atoms with Crippen LogP contribution in [0.2, 0.25) is 0 Å². The lowest BCUT2D eigenvalue weighted by atomic mass is 9.98. The van der Waals surface area contributed by atoms with E-state index in [1.165, 1.54) is 16.7 Å². The second-order valence-electron chi connectivity index (χ2n) is 20.8. The minimum Gasteiger partial charge on any atom is -0.384 e. The normalized spacial score (nSPS) is 10.9. The molecule has 0 saturated heterocycles. The zero-order valence-electron chi connectivity index (χ0n) is 49.4. The predicted molar refractivity (Wildman–Crippen MR) is 328 cm³/mol. The smallest absolute Gasteiger partial charge is 0.373 e. The summed E-state index contributed by atoms with van der Waals surface area (Å²) in [7, 11) is 0. The van der Waals surface area contributed by atoms with Gasteiger partial charge in [-0.1, -0.05) is 201 Å². The van der Waals surface area contributed by atoms with Gasteiger partial charge in [0.25, 0.3) is 0 Å². The van der Waals surface area contributed by atoms with E-state index in [0.29, 0.717) is 13.1 Å². The van der Waals surface area contributed by atoms with Gasteiger partial charge in [-0.3, -0.25) is 0 Å². The second-order valence-corrected chi connectivity index (χ2v) is 21.4. The van der Waals surface area contributed by atoms with E-state index in [4.69, 9.17) is 24.2 Å². The van der Waals surface area contributed by atoms with Crippen molar-refractivity contribution in [3.63, 3.8) is 0 Å². The summed E-state index contributed by atoms with van der Waals surface area (Å²) in [5.74, 6) is 3.54. The van der Waals surface area contributed by atoms with Crippen LogP contribution in [0.5, 0.6) is 0 Å². The fraction of sp³-hybridized carbons (Fsp3) is 0.303. The maximum atomic E-state index is 10.8. The first-order valence-corrected chi connectivity index (χ1v) is 29.3. The summed E-state index contributed by atoms with van der Waals surface area (Å²) in [6, 6.07) is 54.2. The summed E-state index contributed by atoms with van der Waals surface area (Å²) in [5, 5.41) is 46.6. The largest absolute Gasteiger partial charge is 0.384 e. The molecule has 0 aliphatic rings. The lowest BCUT2D eigenvalue weighted by Crippen LogP contribution is -2.19. The highest BCUT2D eigenvalue weighted by Gasteiger charge is 2.27. The van der Waals surface area contributed by atoms with E-state index in [1.807, 2.05) is 83.9 Å². The third-order valence-electron chi connectivity index (χ3n) is 13.6. The first-order valence-electron chi connectivity index (χ1n) is 28.2. The Labute approximate surface area is 504 Å². The Balaban J connectivity index is 0.000000215. The average molecular weight is 1210 g/mol. The van der Waals surface area contributed by atoms with Crippen molar-refractivity contribution in [3.8, 4) is 45.0 Å². The fourth-order valence-electron chi connectivity index (χ4n) is 9.69. The molecule has 10 rings (SSSR count). The van der Waals surface area contributed by atoms with Crippen LogP contribution in [0, 0.1) is 0 Å². The number of nitrogens with one attached hydrogen (secondary N) is 1. The van der Waals surface area contributed by atoms with E-state index in [1.54, 1.807) is 13.8 Å². The topological polar surface area (TPSA) is 242 Å². The highest BCUT2D eigenvalue weighted by molar-refractivity contribution is 9.08. The molecule has 18 nitrogen and oxygen atoms in total. The third kappa shape index (κ3) is 18.0. The first kappa shape index (κ1) is 65.2. The van der Waals surface area contributed by atoms with Crippen LogP contribution in [-0.4, -0.2) is 82.4 Å². The van der Waals surface area contributed by atoms with Gasteiger partial charge >= 0.3 is 12.3 Å². The maximum Gasteiger partial charge on any atom is 0.373 e. The Morgan fingerprint density at radius 2 is 0.906 bits per heavy atom. The zero-order chi connectivity index (χ0) is 61.4. The molecule has 440 valence electrons. The number of imidazole rings is 2. The SMILES string of the molecule is BrCc1ccc(-c2ccccc2-c2nnnn2Cc2ccccc2)cc1.CCCc1nc(C(C)(C)O)c(CC)[nH]1.CCCc1nc(C(C)(C)O)c(CC)n1Cc1ccc(-c2ccccc2-c2nnnn2Cc2ccccc2)cc1.O=C=O.O=C=O. The highest BCUT2D eigenvalue weighted by Crippen LogP contribution is 2.34. The van der Waals surface area contributed by atoms with Gasteiger partial charge in [-0.05, 0) is 119 Å². The van der Waals surface area contributed by atoms with Gasteiger partial charge < -0.3 is 19.8 Å². The maximum absolute atomic E-state index is 10.8. The monoisotopic (exact) mass is 1210 g/mol. The molecular weight excluding hydrogens is 1140 g/mol. The number of tetrazole rings is 2. The van der Waals surface area contributed by atoms with Crippen molar-refractivity contribution in [2.24, 2.45) is 0 Å². The van der Waals surface area contributed by atoms with Crippen LogP contribution in [0.4, 0.5) is 0 Å². The number of hydrogen-bond donors (Lipinski definition) is 3. The highest BCUT2D eigenvalue weighted by atomic mass is 79.9. The molecule has 0 fully saturated rings. The van der Waals surface area contributed by atoms with Crippen LogP contribution in [-0.2, 0) is 81.0 Å². The molecule has 0 radical (unpaired) electrons. The number of alkyl halides is 1. The van der Waals surface area contributed by atoms with Gasteiger partial charge in [0.1, 0.15) is 22.9 Å². The van der Waals surface area contributed by atoms with Crippen LogP contribution >= 0.6 is 15.9 Å². The minimum atomic E-state index is -0.970. The standard InChI is InChI=1S/C32H36N6O.C21H17BrN4.C11H20N2O.2CO2/c1-5-12-29-33-30(32(3,4)39)28(6-2)37(29)21-24-17-19-25(20-18-24)26-15-10-11-16-27(26)31-34-35-36-38(31)22-23-13-8-7-9-14-23;22-14-16-10-12-18(13-11-16)19-8-4-5-9-20(19)21-23-24-25-26(21)15-17-6-2-1-3-7-17;1-5-7-9-12-8(6-2)10(13-9)11(3,4)14;2*2-1-3/h7-11,13-20,39H,5-6,12,21-22H2,1-4H3;1-13H,14-15H2;14H,5-7H2,1-4H3,(H,12,13);;. The fourth-order valence-corrected chi connectivity index (χ4v) is 10.1. The summed E-state index contributed by atoms with van der Waals surface area (Å²) in [4.78, 5) is 45.1. The molecule has 6 aromatic carbocycles. The number of rotatable bonds is 19. The van der Waals surface area contributed by atoms with E-state index < -0.39 is 11.2 Å². The quantitative estimate of drug-likeness (QED) is 0.0638. The average Bonchev–Trinajstić information content (AvgIpc) is 4.46. The van der Waals surface area contributed by atoms with Crippen molar-refractivity contribution < 1.29 is 29.4 Å². The van der Waals surface area contributed by atoms with Crippen molar-refractivity contribution in [1.82, 2.24) is 59.9 Å². The van der Waals surface area contributed by atoms with Crippen LogP contribution < -0.4 is 0 Å². The van der Waals surface area contributed by atoms with Crippen LogP contribution in [0.3, 0.4) is 0 Å². The molecule has 0 atom stereocenters. The molecule has 4 heterocycles. The lowest BCUT2D eigenvalue weighted by Gasteiger charge is -2.18. The number of aliphatic hydroxyl groups is 2. The van der Waals surface area contributed by atoms with Gasteiger partial charge in [-0.15, -0.1) is 10.2 Å². The predicted octanol–water partition coefficient (Wildman–Crippen LogP) is 12.0. The van der Waals surface area contributed by atoms with Crippen LogP contribution in [0.1, 0.15) is 125 Å². The van der Waals surface area contributed by atoms with E-state index >= 15 is 0 Å². The van der Waals surface area contributed by atoms with Gasteiger partial charge in [-0.25, -0.2) is 19.3 Å². The number of nitrogens with zero attached hydrogens (tertiary/aromatic N) is 11. The van der Waals surface area contributed by atoms with Gasteiger partial charge in [-0.2, -0.15) is 19.2 Å². The number of halogens is 1. The zero-order valence-corrected chi connectivity index (χ0v) is 51.0. The number of benzene rings is 6. The van der Waals surface area contributed by atoms with Gasteiger partial charge in [0.15, 0.2) is 11.6 Å². The van der Waals surface area contributed by atoms with Crippen molar-refractivity contribution in [3.05, 3.63) is 214 Å². The Morgan fingerprint density at radius 3 is 1.29 bits per heavy atom. The van der Waals surface area contributed by atoms with Crippen LogP contribution in [0.15, 0.2) is 158 Å². The number of H-pyrrole nitrogens is 1. The Bertz CT molecular complexity index is 3690. The second kappa shape index (κ2) is 32.2. The van der Waals surface area contributed by atoms with Gasteiger partial charge in [0, 0.05) is 47.2 Å². The lowest BCUT2D eigenvalue weighted by molar-refractivity contribution is -0.193. The Morgan fingerprint density at radius 1 is 0.494 bits per heavy atom. The first-order chi connectivity index (χ1) is 41.0. The van der Waals surface area contributed by atoms with Gasteiger partial charge in [0.05, 0.1) is 24.5 Å². The molecule has 0 bridgehead atoms. The molecule has 0 amide bonds. The molecule has 10 aromatic rings. The number of carbonyl (C=O) groups excluding carboxylic acids is 4. The molecule has 3 N–H and O–H groups in total. The molecule has 0 unspecified atom stereocenters. The molecule has 0 saturated carbocycles. The molecule has 0 aliphatic carbocycles. The summed E-state index contributed by atoms with van der Waals surface area (Å²) >= 11 is 3.50. The Kier molecular flexibility index (Phi) is 24.7. The van der Waals surface area contributed by atoms with E-state index in [2.05, 4.69) is 186 Å². The third-order valence-corrected chi connectivity index (χ3v) is 14.2. The summed E-state index contributed by atoms with van der Waals surface area (Å²) in [6.07, 6.45) is 6.11. The molecule has 4 aromatic heterocycles. The van der Waals surface area contributed by atoms with Crippen molar-refractivity contribution in [2.75, 3.05) is 0 Å². The summed E-state index contributed by atoms with van der Waals surface area (Å²) < 4.78 is 5.99. The molecule has 0 aliphatic heterocycles. The van der Waals surface area contributed by atoms with Crippen molar-refractivity contribution in [1.29, 1.82) is 0 Å². The van der Waals surface area contributed by atoms with E-state index in [-0.39, 0.29) is 12.3 Å². The van der Waals surface area contributed by atoms with Gasteiger partial charge in [0.2, 0.25) is 0 Å². The summed E-state index contributed by atoms with van der Waals surface area (Å²) in [6.45, 7) is 17.6. The van der Waals surface area contributed by atoms with Crippen molar-refractivity contribution in [2.45, 2.75) is 130 Å². The van der Waals surface area contributed by atoms with E-state index in [9.17, 15) is 10.2 Å².